The molecule has 0 aliphatic rings. The highest BCUT2D eigenvalue weighted by atomic mass is 32.1. The van der Waals surface area contributed by atoms with Gasteiger partial charge in [-0.05, 0) is 12.2 Å². The second-order valence-corrected chi connectivity index (χ2v) is 2.09. The molecule has 0 saturated heterocycles. The van der Waals surface area contributed by atoms with E-state index in [0.29, 0.717) is 13.1 Å². The maximum absolute atomic E-state index is 9.89. The van der Waals surface area contributed by atoms with Gasteiger partial charge in [-0.15, -0.1) is 0 Å². The topological polar surface area (TPSA) is 99.4 Å². The van der Waals surface area contributed by atoms with Crippen molar-refractivity contribution in [2.75, 3.05) is 13.1 Å². The molecule has 0 rings (SSSR count). The van der Waals surface area contributed by atoms with Crippen molar-refractivity contribution in [2.24, 2.45) is 5.73 Å². The van der Waals surface area contributed by atoms with Crippen LogP contribution in [0.2, 0.25) is 0 Å². The standard InChI is InChI=1S/C4H10N4O2S/c5-3(11)8-7-2-1-6-4(9)10/h6-7H,1-2H2,(H,9,10)(H3,5,8,11). The summed E-state index contributed by atoms with van der Waals surface area (Å²) >= 11 is 4.46. The first-order valence-corrected chi connectivity index (χ1v) is 3.29. The average Bonchev–Trinajstić information content (AvgIpc) is 1.85. The van der Waals surface area contributed by atoms with Gasteiger partial charge in [-0.3, -0.25) is 5.43 Å². The zero-order valence-electron chi connectivity index (χ0n) is 5.76. The van der Waals surface area contributed by atoms with E-state index in [0.717, 1.165) is 0 Å². The first kappa shape index (κ1) is 9.92. The monoisotopic (exact) mass is 178 g/mol. The highest BCUT2D eigenvalue weighted by Crippen LogP contribution is 1.59. The number of nitrogens with two attached hydrogens (primary N) is 1. The van der Waals surface area contributed by atoms with Crippen LogP contribution in [0.5, 0.6) is 0 Å². The van der Waals surface area contributed by atoms with Gasteiger partial charge in [0.1, 0.15) is 0 Å². The molecule has 1 amide bonds. The highest BCUT2D eigenvalue weighted by molar-refractivity contribution is 7.80. The SMILES string of the molecule is NC(=S)NNCCNC(=O)O. The van der Waals surface area contributed by atoms with E-state index in [-0.39, 0.29) is 5.11 Å². The van der Waals surface area contributed by atoms with Crippen LogP contribution < -0.4 is 21.9 Å². The summed E-state index contributed by atoms with van der Waals surface area (Å²) in [4.78, 5) is 9.89. The summed E-state index contributed by atoms with van der Waals surface area (Å²) in [5.41, 5.74) is 10.1. The van der Waals surface area contributed by atoms with Crippen molar-refractivity contribution in [3.05, 3.63) is 0 Å². The molecule has 0 atom stereocenters. The van der Waals surface area contributed by atoms with E-state index in [1.54, 1.807) is 0 Å². The van der Waals surface area contributed by atoms with E-state index >= 15 is 0 Å². The number of amides is 1. The molecule has 0 aliphatic heterocycles. The molecule has 7 heteroatoms. The third-order valence-corrected chi connectivity index (χ3v) is 0.840. The van der Waals surface area contributed by atoms with Crippen LogP contribution >= 0.6 is 12.2 Å². The Kier molecular flexibility index (Phi) is 5.13. The molecule has 6 N–H and O–H groups in total. The van der Waals surface area contributed by atoms with Crippen molar-refractivity contribution >= 4 is 23.4 Å². The Labute approximate surface area is 69.1 Å². The number of rotatable bonds is 4. The van der Waals surface area contributed by atoms with Crippen LogP contribution in [0.15, 0.2) is 0 Å². The number of hydrogen-bond donors (Lipinski definition) is 5. The molecule has 0 aliphatic carbocycles. The van der Waals surface area contributed by atoms with E-state index in [9.17, 15) is 4.79 Å². The molecule has 0 saturated carbocycles. The van der Waals surface area contributed by atoms with Gasteiger partial charge in [0.05, 0.1) is 0 Å². The summed E-state index contributed by atoms with van der Waals surface area (Å²) in [7, 11) is 0. The van der Waals surface area contributed by atoms with Gasteiger partial charge < -0.3 is 16.2 Å². The number of nitrogens with one attached hydrogen (secondary N) is 3. The third-order valence-electron chi connectivity index (χ3n) is 0.738. The average molecular weight is 178 g/mol. The van der Waals surface area contributed by atoms with Crippen LogP contribution in [0.25, 0.3) is 0 Å². The highest BCUT2D eigenvalue weighted by Gasteiger charge is 1.91. The summed E-state index contributed by atoms with van der Waals surface area (Å²) < 4.78 is 0. The van der Waals surface area contributed by atoms with Crippen LogP contribution in [-0.2, 0) is 0 Å². The Bertz CT molecular complexity index is 135. The van der Waals surface area contributed by atoms with Gasteiger partial charge in [-0.25, -0.2) is 10.2 Å². The lowest BCUT2D eigenvalue weighted by Gasteiger charge is -2.04. The number of hydrazine groups is 1. The maximum atomic E-state index is 9.89. The summed E-state index contributed by atoms with van der Waals surface area (Å²) in [6, 6.07) is 0. The zero-order valence-corrected chi connectivity index (χ0v) is 6.57. The van der Waals surface area contributed by atoms with Crippen LogP contribution in [0.3, 0.4) is 0 Å². The van der Waals surface area contributed by atoms with E-state index in [4.69, 9.17) is 10.8 Å². The van der Waals surface area contributed by atoms with E-state index in [2.05, 4.69) is 28.4 Å². The Balaban J connectivity index is 3.03. The first-order valence-electron chi connectivity index (χ1n) is 2.88. The minimum atomic E-state index is -1.05. The second kappa shape index (κ2) is 5.69. The molecule has 0 heterocycles. The van der Waals surface area contributed by atoms with Gasteiger partial charge in [0.2, 0.25) is 0 Å². The molecule has 11 heavy (non-hydrogen) atoms. The fourth-order valence-electron chi connectivity index (χ4n) is 0.382. The van der Waals surface area contributed by atoms with Crippen LogP contribution in [0, 0.1) is 0 Å². The Morgan fingerprint density at radius 3 is 2.64 bits per heavy atom. The largest absolute Gasteiger partial charge is 0.465 e. The van der Waals surface area contributed by atoms with Crippen molar-refractivity contribution in [2.45, 2.75) is 0 Å². The molecule has 0 bridgehead atoms. The molecule has 0 aromatic heterocycles. The number of carboxylic acid groups (broad SMARTS) is 1. The lowest BCUT2D eigenvalue weighted by atomic mass is 10.6. The molecular formula is C4H10N4O2S. The van der Waals surface area contributed by atoms with Crippen molar-refractivity contribution in [3.63, 3.8) is 0 Å². The minimum absolute atomic E-state index is 0.125. The second-order valence-electron chi connectivity index (χ2n) is 1.65. The maximum Gasteiger partial charge on any atom is 0.404 e. The molecule has 6 nitrogen and oxygen atoms in total. The summed E-state index contributed by atoms with van der Waals surface area (Å²) in [6.45, 7) is 0.717. The van der Waals surface area contributed by atoms with Crippen LogP contribution in [0.1, 0.15) is 0 Å². The summed E-state index contributed by atoms with van der Waals surface area (Å²) in [5.74, 6) is 0. The number of carbonyl (C=O) groups is 1. The molecular weight excluding hydrogens is 168 g/mol. The van der Waals surface area contributed by atoms with Gasteiger partial charge in [0, 0.05) is 13.1 Å². The van der Waals surface area contributed by atoms with Gasteiger partial charge in [-0.2, -0.15) is 0 Å². The lowest BCUT2D eigenvalue weighted by Crippen LogP contribution is -2.44. The fourth-order valence-corrected chi connectivity index (χ4v) is 0.454. The molecule has 0 radical (unpaired) electrons. The number of thiocarbonyl (C=S) groups is 1. The van der Waals surface area contributed by atoms with Crippen molar-refractivity contribution in [1.82, 2.24) is 16.2 Å². The summed E-state index contributed by atoms with van der Waals surface area (Å²) in [5, 5.41) is 10.4. The van der Waals surface area contributed by atoms with Crippen molar-refractivity contribution in [3.8, 4) is 0 Å². The Morgan fingerprint density at radius 2 is 2.18 bits per heavy atom. The fraction of sp³-hybridized carbons (Fsp3) is 0.500. The molecule has 0 spiro atoms. The normalized spacial score (nSPS) is 8.73. The Hall–Kier alpha value is -1.08. The predicted molar refractivity (Wildman–Crippen MR) is 44.0 cm³/mol. The van der Waals surface area contributed by atoms with E-state index < -0.39 is 6.09 Å². The van der Waals surface area contributed by atoms with Crippen molar-refractivity contribution in [1.29, 1.82) is 0 Å². The van der Waals surface area contributed by atoms with Crippen molar-refractivity contribution < 1.29 is 9.90 Å². The minimum Gasteiger partial charge on any atom is -0.465 e. The number of hydrogen-bond acceptors (Lipinski definition) is 3. The van der Waals surface area contributed by atoms with Gasteiger partial charge in [-0.1, -0.05) is 0 Å². The van der Waals surface area contributed by atoms with E-state index in [1.165, 1.54) is 0 Å². The predicted octanol–water partition coefficient (Wildman–Crippen LogP) is -1.41. The van der Waals surface area contributed by atoms with Gasteiger partial charge in [0.25, 0.3) is 0 Å². The third kappa shape index (κ3) is 8.92. The van der Waals surface area contributed by atoms with E-state index in [1.807, 2.05) is 0 Å². The first-order chi connectivity index (χ1) is 5.13. The molecule has 0 aromatic carbocycles. The zero-order chi connectivity index (χ0) is 8.69. The summed E-state index contributed by atoms with van der Waals surface area (Å²) in [6.07, 6.45) is -1.05. The molecule has 0 unspecified atom stereocenters. The molecule has 0 aromatic rings. The molecule has 0 fully saturated rings. The Morgan fingerprint density at radius 1 is 1.55 bits per heavy atom. The van der Waals surface area contributed by atoms with Gasteiger partial charge in [0.15, 0.2) is 5.11 Å². The lowest BCUT2D eigenvalue weighted by molar-refractivity contribution is 0.194. The molecule has 64 valence electrons. The van der Waals surface area contributed by atoms with Crippen LogP contribution in [-0.4, -0.2) is 29.4 Å². The van der Waals surface area contributed by atoms with Crippen LogP contribution in [0.4, 0.5) is 4.79 Å². The van der Waals surface area contributed by atoms with Gasteiger partial charge >= 0.3 is 6.09 Å². The smallest absolute Gasteiger partial charge is 0.404 e. The quantitative estimate of drug-likeness (QED) is 0.206.